The number of aliphatic carboxylic acids is 1. The van der Waals surface area contributed by atoms with Gasteiger partial charge < -0.3 is 23.4 Å². The SMILES string of the molecule is CCCCN(CCCC)c1ccc2c(c1)oc1c3oc(-c4ccc(-c5ccncc5)cc4)nc3c3c(c4ccccc4n3CCCCCCC(=O)O)c21. The van der Waals surface area contributed by atoms with Gasteiger partial charge in [-0.05, 0) is 79.3 Å². The highest BCUT2D eigenvalue weighted by molar-refractivity contribution is 6.34. The molecular formula is C45H46N4O4. The summed E-state index contributed by atoms with van der Waals surface area (Å²) in [5.74, 6) is -0.186. The van der Waals surface area contributed by atoms with E-state index in [-0.39, 0.29) is 6.42 Å². The molecule has 0 amide bonds. The summed E-state index contributed by atoms with van der Waals surface area (Å²) in [6.45, 7) is 7.31. The Morgan fingerprint density at radius 3 is 2.21 bits per heavy atom. The van der Waals surface area contributed by atoms with Crippen molar-refractivity contribution in [3.63, 3.8) is 0 Å². The second-order valence-corrected chi connectivity index (χ2v) is 14.1. The average Bonchev–Trinajstić information content (AvgIpc) is 3.89. The van der Waals surface area contributed by atoms with E-state index < -0.39 is 5.97 Å². The van der Waals surface area contributed by atoms with Crippen LogP contribution >= 0.6 is 0 Å². The molecule has 0 atom stereocenters. The number of hydrogen-bond acceptors (Lipinski definition) is 6. The van der Waals surface area contributed by atoms with Gasteiger partial charge in [0.2, 0.25) is 11.5 Å². The van der Waals surface area contributed by atoms with E-state index in [1.165, 1.54) is 5.69 Å². The van der Waals surface area contributed by atoms with Crippen molar-refractivity contribution in [2.24, 2.45) is 0 Å². The molecule has 8 rings (SSSR count). The van der Waals surface area contributed by atoms with E-state index in [1.54, 1.807) is 12.4 Å². The molecule has 0 saturated carbocycles. The van der Waals surface area contributed by atoms with Gasteiger partial charge in [-0.3, -0.25) is 9.78 Å². The van der Waals surface area contributed by atoms with Crippen LogP contribution in [0, 0.1) is 0 Å². The first-order valence-corrected chi connectivity index (χ1v) is 19.2. The topological polar surface area (TPSA) is 97.5 Å². The highest BCUT2D eigenvalue weighted by Crippen LogP contribution is 2.46. The molecule has 4 aromatic carbocycles. The van der Waals surface area contributed by atoms with Crippen LogP contribution in [0.4, 0.5) is 5.69 Å². The van der Waals surface area contributed by atoms with Crippen molar-refractivity contribution in [1.29, 1.82) is 0 Å². The van der Waals surface area contributed by atoms with Crippen molar-refractivity contribution in [2.75, 3.05) is 18.0 Å². The molecule has 0 aliphatic heterocycles. The van der Waals surface area contributed by atoms with Crippen LogP contribution in [0.25, 0.3) is 77.4 Å². The number of carboxylic acids is 1. The number of hydrogen-bond donors (Lipinski definition) is 1. The van der Waals surface area contributed by atoms with Crippen molar-refractivity contribution < 1.29 is 18.7 Å². The summed E-state index contributed by atoms with van der Waals surface area (Å²) in [6, 6.07) is 27.6. The summed E-state index contributed by atoms with van der Waals surface area (Å²) in [7, 11) is 0. The molecule has 8 nitrogen and oxygen atoms in total. The van der Waals surface area contributed by atoms with E-state index in [1.807, 2.05) is 12.1 Å². The number of para-hydroxylation sites is 1. The van der Waals surface area contributed by atoms with Crippen molar-refractivity contribution in [3.05, 3.63) is 91.3 Å². The smallest absolute Gasteiger partial charge is 0.303 e. The number of unbranched alkanes of at least 4 members (excludes halogenated alkanes) is 5. The first-order valence-electron chi connectivity index (χ1n) is 19.2. The zero-order chi connectivity index (χ0) is 36.3. The van der Waals surface area contributed by atoms with Gasteiger partial charge in [-0.1, -0.05) is 69.9 Å². The third kappa shape index (κ3) is 6.63. The predicted octanol–water partition coefficient (Wildman–Crippen LogP) is 12.0. The lowest BCUT2D eigenvalue weighted by Gasteiger charge is -2.24. The Morgan fingerprint density at radius 2 is 1.45 bits per heavy atom. The number of carboxylic acid groups (broad SMARTS) is 1. The number of carbonyl (C=O) groups is 1. The van der Waals surface area contributed by atoms with Gasteiger partial charge >= 0.3 is 5.97 Å². The molecule has 0 spiro atoms. The number of benzene rings is 4. The molecule has 53 heavy (non-hydrogen) atoms. The number of pyridine rings is 1. The van der Waals surface area contributed by atoms with Crippen LogP contribution in [0.15, 0.2) is 100 Å². The van der Waals surface area contributed by atoms with Crippen LogP contribution in [-0.2, 0) is 11.3 Å². The monoisotopic (exact) mass is 706 g/mol. The number of oxazole rings is 1. The predicted molar refractivity (Wildman–Crippen MR) is 216 cm³/mol. The van der Waals surface area contributed by atoms with Gasteiger partial charge in [-0.15, -0.1) is 0 Å². The maximum atomic E-state index is 11.1. The Balaban J connectivity index is 1.32. The molecule has 0 saturated heterocycles. The number of nitrogens with zero attached hydrogens (tertiary/aromatic N) is 4. The van der Waals surface area contributed by atoms with Crippen LogP contribution in [0.2, 0.25) is 0 Å². The van der Waals surface area contributed by atoms with Gasteiger partial charge in [0.1, 0.15) is 11.1 Å². The third-order valence-corrected chi connectivity index (χ3v) is 10.5. The molecule has 0 aliphatic carbocycles. The van der Waals surface area contributed by atoms with Crippen LogP contribution in [0.5, 0.6) is 0 Å². The molecule has 1 N–H and O–H groups in total. The first-order chi connectivity index (χ1) is 26.1. The van der Waals surface area contributed by atoms with Gasteiger partial charge in [0.25, 0.3) is 0 Å². The van der Waals surface area contributed by atoms with E-state index in [2.05, 4.69) is 95.0 Å². The summed E-state index contributed by atoms with van der Waals surface area (Å²) >= 11 is 0. The maximum Gasteiger partial charge on any atom is 0.303 e. The molecular weight excluding hydrogens is 661 g/mol. The Kier molecular flexibility index (Phi) is 9.85. The lowest BCUT2D eigenvalue weighted by molar-refractivity contribution is -0.137. The summed E-state index contributed by atoms with van der Waals surface area (Å²) < 4.78 is 16.0. The van der Waals surface area contributed by atoms with E-state index in [0.717, 1.165) is 131 Å². The molecule has 0 aliphatic rings. The van der Waals surface area contributed by atoms with E-state index >= 15 is 0 Å². The Morgan fingerprint density at radius 1 is 0.736 bits per heavy atom. The zero-order valence-electron chi connectivity index (χ0n) is 30.6. The minimum atomic E-state index is -0.735. The van der Waals surface area contributed by atoms with Gasteiger partial charge in [0.05, 0.1) is 5.52 Å². The number of aromatic nitrogens is 3. The molecule has 8 heteroatoms. The number of anilines is 1. The van der Waals surface area contributed by atoms with E-state index in [4.69, 9.17) is 18.9 Å². The molecule has 4 aromatic heterocycles. The largest absolute Gasteiger partial charge is 0.481 e. The molecule has 0 unspecified atom stereocenters. The number of fused-ring (bicyclic) bond motifs is 10. The van der Waals surface area contributed by atoms with Crippen molar-refractivity contribution in [2.45, 2.75) is 78.2 Å². The van der Waals surface area contributed by atoms with Crippen LogP contribution in [0.1, 0.15) is 71.6 Å². The molecule has 0 radical (unpaired) electrons. The molecule has 0 fully saturated rings. The van der Waals surface area contributed by atoms with Crippen molar-refractivity contribution in [1.82, 2.24) is 14.5 Å². The lowest BCUT2D eigenvalue weighted by atomic mass is 10.0. The number of furan rings is 1. The van der Waals surface area contributed by atoms with Gasteiger partial charge in [0, 0.05) is 82.8 Å². The van der Waals surface area contributed by atoms with Gasteiger partial charge in [-0.25, -0.2) is 4.98 Å². The quantitative estimate of drug-likeness (QED) is 0.0999. The van der Waals surface area contributed by atoms with Gasteiger partial charge in [0.15, 0.2) is 5.58 Å². The molecule has 4 heterocycles. The minimum absolute atomic E-state index is 0.212. The minimum Gasteiger partial charge on any atom is -0.481 e. The number of aryl methyl sites for hydroxylation is 1. The highest BCUT2D eigenvalue weighted by atomic mass is 16.4. The summed E-state index contributed by atoms with van der Waals surface area (Å²) in [5.41, 5.74) is 9.46. The van der Waals surface area contributed by atoms with Crippen molar-refractivity contribution >= 4 is 66.5 Å². The standard InChI is InChI=1S/C45H46N4O4/c1-3-5-26-48(27-6-4-2)33-20-21-35-37(29-33)52-43-40(35)39-34-13-10-11-14-36(34)49(28-12-8-7-9-15-38(50)51)42(39)41-44(43)53-45(47-41)32-18-16-30(17-19-32)31-22-24-46-25-23-31/h10-11,13-14,16-25,29H,3-9,12,15,26-28H2,1-2H3,(H,50,51). The van der Waals surface area contributed by atoms with Crippen LogP contribution in [-0.4, -0.2) is 38.7 Å². The zero-order valence-corrected chi connectivity index (χ0v) is 30.6. The second kappa shape index (κ2) is 15.2. The first kappa shape index (κ1) is 34.5. The van der Waals surface area contributed by atoms with E-state index in [0.29, 0.717) is 17.9 Å². The lowest BCUT2D eigenvalue weighted by Crippen LogP contribution is -2.25. The molecule has 8 aromatic rings. The molecule has 0 bridgehead atoms. The summed E-state index contributed by atoms with van der Waals surface area (Å²) in [4.78, 5) is 23.0. The van der Waals surface area contributed by atoms with Crippen LogP contribution in [0.3, 0.4) is 0 Å². The Labute approximate surface area is 309 Å². The normalized spacial score (nSPS) is 11.9. The maximum absolute atomic E-state index is 11.1. The van der Waals surface area contributed by atoms with Gasteiger partial charge in [-0.2, -0.15) is 0 Å². The third-order valence-electron chi connectivity index (χ3n) is 10.5. The fraction of sp³-hybridized carbons (Fsp3) is 0.311. The number of rotatable bonds is 16. The fourth-order valence-corrected chi connectivity index (χ4v) is 7.80. The summed E-state index contributed by atoms with van der Waals surface area (Å²) in [6.07, 6.45) is 11.9. The summed E-state index contributed by atoms with van der Waals surface area (Å²) in [5, 5.41) is 13.5. The average molecular weight is 707 g/mol. The second-order valence-electron chi connectivity index (χ2n) is 14.1. The van der Waals surface area contributed by atoms with Crippen LogP contribution < -0.4 is 4.90 Å². The Bertz CT molecular complexity index is 2520. The Hall–Kier alpha value is -5.63. The van der Waals surface area contributed by atoms with Crippen molar-refractivity contribution in [3.8, 4) is 22.6 Å². The highest BCUT2D eigenvalue weighted by Gasteiger charge is 2.26. The molecule has 270 valence electrons. The van der Waals surface area contributed by atoms with E-state index in [9.17, 15) is 4.79 Å². The fourth-order valence-electron chi connectivity index (χ4n) is 7.80.